The van der Waals surface area contributed by atoms with Gasteiger partial charge in [-0.3, -0.25) is 4.31 Å². The van der Waals surface area contributed by atoms with Crippen molar-refractivity contribution in [2.24, 2.45) is 5.92 Å². The van der Waals surface area contributed by atoms with Crippen LogP contribution in [0.3, 0.4) is 0 Å². The first-order valence-electron chi connectivity index (χ1n) is 8.65. The lowest BCUT2D eigenvalue weighted by molar-refractivity contribution is 0.0790. The Kier molecular flexibility index (Phi) is 4.92. The molecule has 0 spiro atoms. The van der Waals surface area contributed by atoms with Gasteiger partial charge < -0.3 is 5.11 Å². The molecule has 1 aliphatic heterocycles. The van der Waals surface area contributed by atoms with Crippen molar-refractivity contribution in [2.75, 3.05) is 14.1 Å². The first-order chi connectivity index (χ1) is 11.9. The first-order valence-corrected chi connectivity index (χ1v) is 10.4. The van der Waals surface area contributed by atoms with Crippen LogP contribution < -0.4 is 0 Å². The van der Waals surface area contributed by atoms with Crippen LogP contribution in [-0.2, 0) is 4.93 Å². The normalized spacial score (nSPS) is 24.8. The summed E-state index contributed by atoms with van der Waals surface area (Å²) in [5.74, 6) is 0.0725. The van der Waals surface area contributed by atoms with E-state index in [2.05, 4.69) is 73.4 Å². The maximum Gasteiger partial charge on any atom is 0.141 e. The van der Waals surface area contributed by atoms with E-state index < -0.39 is 15.1 Å². The summed E-state index contributed by atoms with van der Waals surface area (Å²) in [5, 5.41) is 16.6. The Morgan fingerprint density at radius 3 is 2.00 bits per heavy atom. The van der Waals surface area contributed by atoms with Gasteiger partial charge in [-0.1, -0.05) is 74.5 Å². The topological polar surface area (TPSA) is 23.5 Å². The molecule has 0 radical (unpaired) electrons. The molecule has 0 bridgehead atoms. The standard InChI is InChI=1S/C22H27NOS/c1-18(2)22(24,21-13-9-6-10-14-21)25(23(3)4)16-15-20(17-25)19-11-7-5-8-12-19/h5-18,24H,1-4H3. The zero-order chi connectivity index (χ0) is 18.1. The van der Waals surface area contributed by atoms with E-state index in [1.165, 1.54) is 11.1 Å². The largest absolute Gasteiger partial charge is 0.375 e. The number of benzene rings is 2. The third-order valence-corrected chi connectivity index (χ3v) is 9.02. The Hall–Kier alpha value is -1.81. The van der Waals surface area contributed by atoms with Crippen LogP contribution in [0.25, 0.3) is 5.57 Å². The fourth-order valence-electron chi connectivity index (χ4n) is 3.52. The number of aliphatic hydroxyl groups is 1. The van der Waals surface area contributed by atoms with Gasteiger partial charge in [0, 0.05) is 0 Å². The van der Waals surface area contributed by atoms with Gasteiger partial charge >= 0.3 is 0 Å². The lowest BCUT2D eigenvalue weighted by Crippen LogP contribution is -2.41. The fraction of sp³-hybridized carbons (Fsp3) is 0.273. The van der Waals surface area contributed by atoms with Gasteiger partial charge in [-0.2, -0.15) is 0 Å². The van der Waals surface area contributed by atoms with E-state index in [1.807, 2.05) is 36.4 Å². The van der Waals surface area contributed by atoms with E-state index >= 15 is 0 Å². The van der Waals surface area contributed by atoms with Crippen molar-refractivity contribution in [1.29, 1.82) is 0 Å². The molecule has 2 unspecified atom stereocenters. The van der Waals surface area contributed by atoms with Gasteiger partial charge in [0.05, 0.1) is 0 Å². The highest BCUT2D eigenvalue weighted by molar-refractivity contribution is 8.37. The molecule has 2 nitrogen and oxygen atoms in total. The van der Waals surface area contributed by atoms with Crippen LogP contribution in [-0.4, -0.2) is 23.5 Å². The highest BCUT2D eigenvalue weighted by Gasteiger charge is 2.50. The molecular weight excluding hydrogens is 326 g/mol. The van der Waals surface area contributed by atoms with Gasteiger partial charge in [-0.25, -0.2) is 0 Å². The van der Waals surface area contributed by atoms with Crippen molar-refractivity contribution in [1.82, 2.24) is 4.31 Å². The highest BCUT2D eigenvalue weighted by Crippen LogP contribution is 2.71. The van der Waals surface area contributed by atoms with E-state index in [9.17, 15) is 5.11 Å². The summed E-state index contributed by atoms with van der Waals surface area (Å²) in [4.78, 5) is -0.954. The minimum atomic E-state index is -1.72. The summed E-state index contributed by atoms with van der Waals surface area (Å²) < 4.78 is 2.20. The quantitative estimate of drug-likeness (QED) is 0.784. The van der Waals surface area contributed by atoms with Crippen molar-refractivity contribution in [2.45, 2.75) is 18.8 Å². The highest BCUT2D eigenvalue weighted by atomic mass is 32.3. The maximum absolute atomic E-state index is 12.0. The van der Waals surface area contributed by atoms with E-state index in [1.54, 1.807) is 0 Å². The summed E-state index contributed by atoms with van der Waals surface area (Å²) in [5.41, 5.74) is 3.34. The molecule has 0 amide bonds. The van der Waals surface area contributed by atoms with E-state index in [0.717, 1.165) is 5.56 Å². The Morgan fingerprint density at radius 1 is 0.920 bits per heavy atom. The van der Waals surface area contributed by atoms with Crippen LogP contribution in [0.15, 0.2) is 77.6 Å². The second kappa shape index (κ2) is 6.83. The van der Waals surface area contributed by atoms with Gasteiger partial charge in [-0.05, 0) is 53.6 Å². The Bertz CT molecular complexity index is 782. The van der Waals surface area contributed by atoms with Crippen LogP contribution in [0.1, 0.15) is 25.0 Å². The van der Waals surface area contributed by atoms with Crippen LogP contribution in [0.2, 0.25) is 0 Å². The second-order valence-corrected chi connectivity index (χ2v) is 10.2. The van der Waals surface area contributed by atoms with Crippen LogP contribution in [0.5, 0.6) is 0 Å². The molecule has 2 atom stereocenters. The SMILES string of the molecule is CC(C)C(O)(c1ccccc1)S1(N(C)C)C=CC(c2ccccc2)=C1. The maximum atomic E-state index is 12.0. The van der Waals surface area contributed by atoms with Crippen molar-refractivity contribution < 1.29 is 5.11 Å². The molecule has 0 aromatic heterocycles. The van der Waals surface area contributed by atoms with Gasteiger partial charge in [-0.15, -0.1) is 10.2 Å². The third kappa shape index (κ3) is 2.86. The van der Waals surface area contributed by atoms with Gasteiger partial charge in [0.15, 0.2) is 0 Å². The lowest BCUT2D eigenvalue weighted by atomic mass is 9.98. The van der Waals surface area contributed by atoms with E-state index in [0.29, 0.717) is 0 Å². The van der Waals surface area contributed by atoms with E-state index in [-0.39, 0.29) is 5.92 Å². The molecule has 2 aromatic rings. The Morgan fingerprint density at radius 2 is 1.48 bits per heavy atom. The monoisotopic (exact) mass is 353 g/mol. The van der Waals surface area contributed by atoms with E-state index in [4.69, 9.17) is 0 Å². The van der Waals surface area contributed by atoms with Crippen molar-refractivity contribution in [3.8, 4) is 0 Å². The molecule has 2 aromatic carbocycles. The summed E-state index contributed by atoms with van der Waals surface area (Å²) in [6.07, 6.45) is 2.17. The lowest BCUT2D eigenvalue weighted by Gasteiger charge is -2.53. The molecule has 0 saturated carbocycles. The number of hydrogen-bond donors (Lipinski definition) is 1. The predicted molar refractivity (Wildman–Crippen MR) is 110 cm³/mol. The fourth-order valence-corrected chi connectivity index (χ4v) is 7.22. The predicted octanol–water partition coefficient (Wildman–Crippen LogP) is 5.34. The summed E-state index contributed by atoms with van der Waals surface area (Å²) >= 11 is 0. The van der Waals surface area contributed by atoms with Crippen molar-refractivity contribution in [3.05, 3.63) is 88.7 Å². The first kappa shape index (κ1) is 18.0. The molecular formula is C22H27NOS. The molecule has 1 N–H and O–H groups in total. The average molecular weight is 354 g/mol. The smallest absolute Gasteiger partial charge is 0.141 e. The van der Waals surface area contributed by atoms with Gasteiger partial charge in [0.1, 0.15) is 4.93 Å². The summed E-state index contributed by atoms with van der Waals surface area (Å²) in [7, 11) is 2.42. The zero-order valence-corrected chi connectivity index (χ0v) is 16.2. The van der Waals surface area contributed by atoms with Gasteiger partial charge in [0.2, 0.25) is 0 Å². The average Bonchev–Trinajstić information content (AvgIpc) is 3.09. The van der Waals surface area contributed by atoms with Crippen molar-refractivity contribution in [3.63, 3.8) is 0 Å². The number of hydrogen-bond acceptors (Lipinski definition) is 2. The van der Waals surface area contributed by atoms with Crippen LogP contribution in [0, 0.1) is 5.92 Å². The molecule has 1 aliphatic rings. The molecule has 0 fully saturated rings. The molecule has 25 heavy (non-hydrogen) atoms. The Balaban J connectivity index is 2.19. The van der Waals surface area contributed by atoms with Crippen molar-refractivity contribution >= 4 is 15.8 Å². The molecule has 3 heteroatoms. The number of nitrogens with zero attached hydrogens (tertiary/aromatic N) is 1. The van der Waals surface area contributed by atoms with Crippen LogP contribution >= 0.6 is 10.2 Å². The molecule has 1 heterocycles. The molecule has 0 aliphatic carbocycles. The molecule has 0 saturated heterocycles. The molecule has 132 valence electrons. The zero-order valence-electron chi connectivity index (χ0n) is 15.4. The van der Waals surface area contributed by atoms with Crippen LogP contribution in [0.4, 0.5) is 0 Å². The Labute approximate surface area is 153 Å². The third-order valence-electron chi connectivity index (χ3n) is 4.94. The number of allylic oxidation sites excluding steroid dienone is 2. The minimum absolute atomic E-state index is 0.0725. The summed E-state index contributed by atoms with van der Waals surface area (Å²) in [6.45, 7) is 4.21. The molecule has 3 rings (SSSR count). The van der Waals surface area contributed by atoms with Gasteiger partial charge in [0.25, 0.3) is 0 Å². The number of rotatable bonds is 5. The second-order valence-electron chi connectivity index (χ2n) is 6.95. The summed E-state index contributed by atoms with van der Waals surface area (Å²) in [6, 6.07) is 20.5. The minimum Gasteiger partial charge on any atom is -0.375 e.